The van der Waals surface area contributed by atoms with Gasteiger partial charge in [0.2, 0.25) is 11.7 Å². The van der Waals surface area contributed by atoms with Crippen LogP contribution in [0.25, 0.3) is 0 Å². The first-order valence-corrected chi connectivity index (χ1v) is 9.38. The maximum absolute atomic E-state index is 13.8. The van der Waals surface area contributed by atoms with Gasteiger partial charge in [-0.3, -0.25) is 4.79 Å². The van der Waals surface area contributed by atoms with E-state index >= 15 is 0 Å². The molecule has 5 nitrogen and oxygen atoms in total. The van der Waals surface area contributed by atoms with Gasteiger partial charge in [0.05, 0.1) is 5.56 Å². The quantitative estimate of drug-likeness (QED) is 0.654. The number of aryl methyl sites for hydroxylation is 1. The van der Waals surface area contributed by atoms with E-state index in [0.29, 0.717) is 17.7 Å². The summed E-state index contributed by atoms with van der Waals surface area (Å²) in [7, 11) is 0. The van der Waals surface area contributed by atoms with E-state index < -0.39 is 11.7 Å². The van der Waals surface area contributed by atoms with Crippen molar-refractivity contribution >= 4 is 22.3 Å². The maximum atomic E-state index is 13.8. The number of pyridine rings is 1. The summed E-state index contributed by atoms with van der Waals surface area (Å²) in [6.07, 6.45) is 2.44. The summed E-state index contributed by atoms with van der Waals surface area (Å²) >= 11 is 1.49. The van der Waals surface area contributed by atoms with Crippen molar-refractivity contribution in [2.75, 3.05) is 24.5 Å². The largest absolute Gasteiger partial charge is 0.345 e. The molecule has 2 aromatic rings. The van der Waals surface area contributed by atoms with E-state index in [0.717, 1.165) is 36.1 Å². The van der Waals surface area contributed by atoms with Gasteiger partial charge in [0.15, 0.2) is 5.13 Å². The first kappa shape index (κ1) is 17.9. The number of carbonyl (C=O) groups is 1. The molecule has 0 aliphatic carbocycles. The van der Waals surface area contributed by atoms with E-state index in [1.807, 2.05) is 6.92 Å². The van der Waals surface area contributed by atoms with Gasteiger partial charge in [-0.05, 0) is 31.4 Å². The molecule has 1 N–H and O–H groups in total. The Balaban J connectivity index is 1.80. The molecule has 1 fully saturated rings. The van der Waals surface area contributed by atoms with Crippen LogP contribution in [0, 0.1) is 18.8 Å². The van der Waals surface area contributed by atoms with Crippen molar-refractivity contribution in [3.05, 3.63) is 40.4 Å². The van der Waals surface area contributed by atoms with E-state index in [-0.39, 0.29) is 5.56 Å². The Hall–Kier alpha value is -1.86. The number of nitrogens with zero attached hydrogens (tertiary/aromatic N) is 3. The summed E-state index contributed by atoms with van der Waals surface area (Å²) in [5.74, 6) is -0.527. The van der Waals surface area contributed by atoms with Gasteiger partial charge in [-0.15, -0.1) is 11.3 Å². The topological polar surface area (TPSA) is 58.1 Å². The minimum Gasteiger partial charge on any atom is -0.345 e. The van der Waals surface area contributed by atoms with Crippen molar-refractivity contribution in [3.8, 4) is 0 Å². The van der Waals surface area contributed by atoms with Gasteiger partial charge in [0, 0.05) is 36.8 Å². The molecule has 0 unspecified atom stereocenters. The fourth-order valence-corrected chi connectivity index (χ4v) is 4.08. The molecule has 0 amide bonds. The van der Waals surface area contributed by atoms with Crippen LogP contribution in [0.5, 0.6) is 0 Å². The summed E-state index contributed by atoms with van der Waals surface area (Å²) in [6.45, 7) is 8.92. The lowest BCUT2D eigenvalue weighted by Gasteiger charge is -2.34. The van der Waals surface area contributed by atoms with Crippen molar-refractivity contribution in [2.24, 2.45) is 5.92 Å². The molecule has 1 atom stereocenters. The number of hydrogen-bond donors (Lipinski definition) is 1. The molecule has 25 heavy (non-hydrogen) atoms. The Bertz CT molecular complexity index is 761. The van der Waals surface area contributed by atoms with E-state index in [9.17, 15) is 9.18 Å². The molecule has 0 radical (unpaired) electrons. The third kappa shape index (κ3) is 4.04. The van der Waals surface area contributed by atoms with Crippen LogP contribution in [0.3, 0.4) is 0 Å². The van der Waals surface area contributed by atoms with E-state index in [1.54, 1.807) is 6.07 Å². The number of ketones is 1. The lowest BCUT2D eigenvalue weighted by molar-refractivity contribution is 0.103. The third-order valence-corrected chi connectivity index (χ3v) is 5.32. The zero-order valence-electron chi connectivity index (χ0n) is 14.8. The average molecular weight is 362 g/mol. The lowest BCUT2D eigenvalue weighted by atomic mass is 10.0. The Kier molecular flexibility index (Phi) is 5.44. The second kappa shape index (κ2) is 7.58. The number of rotatable bonds is 5. The molecular weight excluding hydrogens is 339 g/mol. The first-order chi connectivity index (χ1) is 12.0. The molecule has 7 heteroatoms. The van der Waals surface area contributed by atoms with Gasteiger partial charge in [0.25, 0.3) is 0 Å². The minimum atomic E-state index is -0.749. The predicted octanol–water partition coefficient (Wildman–Crippen LogP) is 3.04. The normalized spacial score (nSPS) is 18.0. The highest BCUT2D eigenvalue weighted by molar-refractivity contribution is 7.15. The van der Waals surface area contributed by atoms with Crippen LogP contribution in [0.4, 0.5) is 9.52 Å². The summed E-state index contributed by atoms with van der Waals surface area (Å²) in [6, 6.07) is 3.44. The molecule has 1 saturated heterocycles. The van der Waals surface area contributed by atoms with Crippen molar-refractivity contribution in [2.45, 2.75) is 33.2 Å². The SMILES string of the molecule is Cc1sc(N2CCN[C@@H](CC(C)C)C2)nc1C(=O)c1cccnc1F. The summed E-state index contributed by atoms with van der Waals surface area (Å²) in [5, 5.41) is 4.37. The maximum Gasteiger partial charge on any atom is 0.224 e. The Morgan fingerprint density at radius 1 is 1.52 bits per heavy atom. The molecule has 0 aromatic carbocycles. The Labute approximate surface area is 151 Å². The monoisotopic (exact) mass is 362 g/mol. The van der Waals surface area contributed by atoms with Gasteiger partial charge < -0.3 is 10.2 Å². The second-order valence-corrected chi connectivity index (χ2v) is 7.98. The molecule has 3 rings (SSSR count). The van der Waals surface area contributed by atoms with Crippen LogP contribution in [0.1, 0.15) is 41.2 Å². The molecule has 0 bridgehead atoms. The van der Waals surface area contributed by atoms with Gasteiger partial charge in [-0.25, -0.2) is 9.97 Å². The number of aromatic nitrogens is 2. The molecule has 1 aliphatic rings. The van der Waals surface area contributed by atoms with Gasteiger partial charge in [-0.2, -0.15) is 4.39 Å². The van der Waals surface area contributed by atoms with Crippen LogP contribution >= 0.6 is 11.3 Å². The number of carbonyl (C=O) groups excluding carboxylic acids is 1. The summed E-state index contributed by atoms with van der Waals surface area (Å²) < 4.78 is 13.8. The molecular formula is C18H23FN4OS. The fourth-order valence-electron chi connectivity index (χ4n) is 3.14. The van der Waals surface area contributed by atoms with Gasteiger partial charge in [-0.1, -0.05) is 13.8 Å². The highest BCUT2D eigenvalue weighted by Crippen LogP contribution is 2.28. The van der Waals surface area contributed by atoms with Crippen molar-refractivity contribution < 1.29 is 9.18 Å². The van der Waals surface area contributed by atoms with Crippen molar-refractivity contribution in [1.82, 2.24) is 15.3 Å². The average Bonchev–Trinajstić information content (AvgIpc) is 2.96. The molecule has 2 aromatic heterocycles. The predicted molar refractivity (Wildman–Crippen MR) is 97.9 cm³/mol. The number of piperazine rings is 1. The summed E-state index contributed by atoms with van der Waals surface area (Å²) in [5.41, 5.74) is 0.297. The molecule has 1 aliphatic heterocycles. The van der Waals surface area contributed by atoms with Crippen LogP contribution in [-0.2, 0) is 0 Å². The van der Waals surface area contributed by atoms with Gasteiger partial charge >= 0.3 is 0 Å². The number of nitrogens with one attached hydrogen (secondary N) is 1. The lowest BCUT2D eigenvalue weighted by Crippen LogP contribution is -2.51. The smallest absolute Gasteiger partial charge is 0.224 e. The molecule has 0 spiro atoms. The van der Waals surface area contributed by atoms with Crippen LogP contribution in [0.2, 0.25) is 0 Å². The fraction of sp³-hybridized carbons (Fsp3) is 0.500. The molecule has 0 saturated carbocycles. The van der Waals surface area contributed by atoms with Gasteiger partial charge in [0.1, 0.15) is 5.69 Å². The van der Waals surface area contributed by atoms with E-state index in [1.165, 1.54) is 23.6 Å². The highest BCUT2D eigenvalue weighted by Gasteiger charge is 2.26. The third-order valence-electron chi connectivity index (χ3n) is 4.29. The minimum absolute atomic E-state index is 0.0274. The highest BCUT2D eigenvalue weighted by atomic mass is 32.1. The Morgan fingerprint density at radius 3 is 3.04 bits per heavy atom. The number of halogens is 1. The van der Waals surface area contributed by atoms with E-state index in [2.05, 4.69) is 34.0 Å². The van der Waals surface area contributed by atoms with Crippen LogP contribution in [0.15, 0.2) is 18.3 Å². The number of anilines is 1. The van der Waals surface area contributed by atoms with Crippen LogP contribution in [-0.4, -0.2) is 41.4 Å². The van der Waals surface area contributed by atoms with Crippen molar-refractivity contribution in [3.63, 3.8) is 0 Å². The molecule has 3 heterocycles. The van der Waals surface area contributed by atoms with Crippen molar-refractivity contribution in [1.29, 1.82) is 0 Å². The van der Waals surface area contributed by atoms with E-state index in [4.69, 9.17) is 0 Å². The first-order valence-electron chi connectivity index (χ1n) is 8.56. The number of hydrogen-bond acceptors (Lipinski definition) is 6. The summed E-state index contributed by atoms with van der Waals surface area (Å²) in [4.78, 5) is 23.8. The number of thiazole rings is 1. The Morgan fingerprint density at radius 2 is 2.32 bits per heavy atom. The zero-order chi connectivity index (χ0) is 18.0. The second-order valence-electron chi connectivity index (χ2n) is 6.80. The molecule has 134 valence electrons. The van der Waals surface area contributed by atoms with Crippen LogP contribution < -0.4 is 10.2 Å². The zero-order valence-corrected chi connectivity index (χ0v) is 15.6. The standard InChI is InChI=1S/C18H23FN4OS/c1-11(2)9-13-10-23(8-7-20-13)18-22-15(12(3)25-18)16(24)14-5-4-6-21-17(14)19/h4-6,11,13,20H,7-10H2,1-3H3/t13-/m0/s1.